The van der Waals surface area contributed by atoms with Gasteiger partial charge in [-0.15, -0.1) is 0 Å². The van der Waals surface area contributed by atoms with Crippen molar-refractivity contribution < 1.29 is 14.4 Å². The SMILES string of the molecule is C=CC(=O)Nc1ccccc1NC(=O)c1ccc2cc3n(c2c1)CCCNC3=O. The van der Waals surface area contributed by atoms with Gasteiger partial charge in [-0.05, 0) is 42.8 Å². The smallest absolute Gasteiger partial charge is 0.267 e. The van der Waals surface area contributed by atoms with Crippen LogP contribution in [0.2, 0.25) is 0 Å². The molecule has 0 radical (unpaired) electrons. The van der Waals surface area contributed by atoms with Gasteiger partial charge in [-0.3, -0.25) is 14.4 Å². The van der Waals surface area contributed by atoms with Crippen LogP contribution in [0.15, 0.2) is 61.2 Å². The molecule has 1 aliphatic heterocycles. The molecule has 2 aromatic carbocycles. The van der Waals surface area contributed by atoms with Crippen molar-refractivity contribution in [3.63, 3.8) is 0 Å². The maximum absolute atomic E-state index is 12.9. The second-order valence-electron chi connectivity index (χ2n) is 6.76. The fourth-order valence-electron chi connectivity index (χ4n) is 3.43. The van der Waals surface area contributed by atoms with E-state index in [2.05, 4.69) is 22.5 Å². The number of anilines is 2. The molecule has 0 saturated carbocycles. The highest BCUT2D eigenvalue weighted by atomic mass is 16.2. The molecule has 0 spiro atoms. The van der Waals surface area contributed by atoms with E-state index in [-0.39, 0.29) is 17.7 Å². The predicted octanol–water partition coefficient (Wildman–Crippen LogP) is 3.15. The number of hydrogen-bond acceptors (Lipinski definition) is 3. The molecule has 0 saturated heterocycles. The Bertz CT molecular complexity index is 1150. The quantitative estimate of drug-likeness (QED) is 0.600. The van der Waals surface area contributed by atoms with Crippen LogP contribution in [0.3, 0.4) is 0 Å². The van der Waals surface area contributed by atoms with Gasteiger partial charge >= 0.3 is 0 Å². The average molecular weight is 388 g/mol. The first kappa shape index (κ1) is 18.5. The lowest BCUT2D eigenvalue weighted by molar-refractivity contribution is -0.111. The molecule has 2 heterocycles. The summed E-state index contributed by atoms with van der Waals surface area (Å²) in [6.45, 7) is 4.78. The summed E-state index contributed by atoms with van der Waals surface area (Å²) in [6.07, 6.45) is 2.00. The van der Waals surface area contributed by atoms with E-state index in [1.165, 1.54) is 6.08 Å². The van der Waals surface area contributed by atoms with Crippen LogP contribution in [0.1, 0.15) is 27.3 Å². The van der Waals surface area contributed by atoms with E-state index < -0.39 is 0 Å². The van der Waals surface area contributed by atoms with Gasteiger partial charge in [0.2, 0.25) is 5.91 Å². The third-order valence-corrected chi connectivity index (χ3v) is 4.86. The van der Waals surface area contributed by atoms with Gasteiger partial charge < -0.3 is 20.5 Å². The Balaban J connectivity index is 1.65. The van der Waals surface area contributed by atoms with Crippen LogP contribution in [0.25, 0.3) is 10.9 Å². The highest BCUT2D eigenvalue weighted by molar-refractivity contribution is 6.10. The van der Waals surface area contributed by atoms with Crippen LogP contribution in [-0.4, -0.2) is 28.8 Å². The van der Waals surface area contributed by atoms with Gasteiger partial charge in [-0.25, -0.2) is 0 Å². The van der Waals surface area contributed by atoms with E-state index in [1.54, 1.807) is 36.4 Å². The minimum Gasteiger partial charge on any atom is -0.351 e. The standard InChI is InChI=1S/C22H20N4O3/c1-2-20(27)24-16-6-3-4-7-17(16)25-21(28)15-9-8-14-12-19-22(29)23-10-5-11-26(19)18(14)13-15/h2-4,6-9,12-13H,1,5,10-11H2,(H,23,29)(H,24,27)(H,25,28). The molecule has 3 N–H and O–H groups in total. The number of benzene rings is 2. The first-order valence-electron chi connectivity index (χ1n) is 9.32. The number of hydrogen-bond donors (Lipinski definition) is 3. The van der Waals surface area contributed by atoms with Gasteiger partial charge in [0, 0.05) is 29.6 Å². The van der Waals surface area contributed by atoms with Crippen molar-refractivity contribution in [3.05, 3.63) is 72.4 Å². The summed E-state index contributed by atoms with van der Waals surface area (Å²) in [5.74, 6) is -0.764. The van der Waals surface area contributed by atoms with Gasteiger partial charge in [0.25, 0.3) is 11.8 Å². The molecule has 7 nitrogen and oxygen atoms in total. The lowest BCUT2D eigenvalue weighted by atomic mass is 10.1. The molecule has 29 heavy (non-hydrogen) atoms. The lowest BCUT2D eigenvalue weighted by Crippen LogP contribution is -2.22. The highest BCUT2D eigenvalue weighted by Gasteiger charge is 2.19. The number of amides is 3. The Hall–Kier alpha value is -3.87. The van der Waals surface area contributed by atoms with Crippen molar-refractivity contribution in [1.82, 2.24) is 9.88 Å². The van der Waals surface area contributed by atoms with Crippen LogP contribution in [-0.2, 0) is 11.3 Å². The number of carbonyl (C=O) groups is 3. The largest absolute Gasteiger partial charge is 0.351 e. The molecule has 1 aliphatic rings. The van der Waals surface area contributed by atoms with Crippen LogP contribution >= 0.6 is 0 Å². The molecule has 7 heteroatoms. The summed E-state index contributed by atoms with van der Waals surface area (Å²) in [4.78, 5) is 36.7. The zero-order valence-corrected chi connectivity index (χ0v) is 15.7. The number of aryl methyl sites for hydroxylation is 1. The van der Waals surface area contributed by atoms with Crippen LogP contribution in [0, 0.1) is 0 Å². The first-order valence-corrected chi connectivity index (χ1v) is 9.32. The molecular weight excluding hydrogens is 368 g/mol. The van der Waals surface area contributed by atoms with Gasteiger partial charge in [0.05, 0.1) is 11.4 Å². The Morgan fingerprint density at radius 3 is 2.59 bits per heavy atom. The number of nitrogens with zero attached hydrogens (tertiary/aromatic N) is 1. The first-order chi connectivity index (χ1) is 14.1. The topological polar surface area (TPSA) is 92.2 Å². The third-order valence-electron chi connectivity index (χ3n) is 4.86. The monoisotopic (exact) mass is 388 g/mol. The zero-order valence-electron chi connectivity index (χ0n) is 15.7. The van der Waals surface area contributed by atoms with E-state index in [0.29, 0.717) is 35.7 Å². The Morgan fingerprint density at radius 2 is 1.83 bits per heavy atom. The van der Waals surface area contributed by atoms with Crippen molar-refractivity contribution in [2.75, 3.05) is 17.2 Å². The van der Waals surface area contributed by atoms with Crippen molar-refractivity contribution in [3.8, 4) is 0 Å². The molecule has 0 atom stereocenters. The van der Waals surface area contributed by atoms with E-state index in [4.69, 9.17) is 0 Å². The number of carbonyl (C=O) groups excluding carboxylic acids is 3. The van der Waals surface area contributed by atoms with Gasteiger partial charge in [-0.1, -0.05) is 24.8 Å². The second-order valence-corrected chi connectivity index (χ2v) is 6.76. The van der Waals surface area contributed by atoms with Gasteiger partial charge in [-0.2, -0.15) is 0 Å². The Kier molecular flexibility index (Phi) is 4.87. The third kappa shape index (κ3) is 3.62. The zero-order chi connectivity index (χ0) is 20.4. The maximum Gasteiger partial charge on any atom is 0.267 e. The number of fused-ring (bicyclic) bond motifs is 3. The number of rotatable bonds is 4. The summed E-state index contributed by atoms with van der Waals surface area (Å²) in [7, 11) is 0. The summed E-state index contributed by atoms with van der Waals surface area (Å²) < 4.78 is 1.95. The molecule has 0 fully saturated rings. The number of para-hydroxylation sites is 2. The van der Waals surface area contributed by atoms with Crippen LogP contribution in [0.5, 0.6) is 0 Å². The predicted molar refractivity (Wildman–Crippen MR) is 112 cm³/mol. The number of aromatic nitrogens is 1. The maximum atomic E-state index is 12.9. The molecule has 0 bridgehead atoms. The number of nitrogens with one attached hydrogen (secondary N) is 3. The molecule has 0 unspecified atom stereocenters. The summed E-state index contributed by atoms with van der Waals surface area (Å²) in [5, 5.41) is 9.30. The summed E-state index contributed by atoms with van der Waals surface area (Å²) in [6, 6.07) is 14.1. The minimum atomic E-state index is -0.359. The Morgan fingerprint density at radius 1 is 1.07 bits per heavy atom. The van der Waals surface area contributed by atoms with Crippen molar-refractivity contribution in [2.24, 2.45) is 0 Å². The molecule has 3 aromatic rings. The van der Waals surface area contributed by atoms with E-state index >= 15 is 0 Å². The fourth-order valence-corrected chi connectivity index (χ4v) is 3.43. The molecule has 3 amide bonds. The lowest BCUT2D eigenvalue weighted by Gasteiger charge is -2.12. The molecular formula is C22H20N4O3. The minimum absolute atomic E-state index is 0.100. The van der Waals surface area contributed by atoms with Crippen molar-refractivity contribution in [2.45, 2.75) is 13.0 Å². The molecule has 0 aliphatic carbocycles. The fraction of sp³-hybridized carbons (Fsp3) is 0.136. The van der Waals surface area contributed by atoms with Crippen LogP contribution < -0.4 is 16.0 Å². The normalized spacial score (nSPS) is 13.2. The Labute approximate surface area is 167 Å². The van der Waals surface area contributed by atoms with Crippen molar-refractivity contribution >= 4 is 40.0 Å². The van der Waals surface area contributed by atoms with Crippen molar-refractivity contribution in [1.29, 1.82) is 0 Å². The molecule has 1 aromatic heterocycles. The highest BCUT2D eigenvalue weighted by Crippen LogP contribution is 2.25. The molecule has 4 rings (SSSR count). The van der Waals surface area contributed by atoms with E-state index in [0.717, 1.165) is 17.3 Å². The second kappa shape index (κ2) is 7.63. The van der Waals surface area contributed by atoms with Crippen LogP contribution in [0.4, 0.5) is 11.4 Å². The average Bonchev–Trinajstić information content (AvgIpc) is 3.00. The van der Waals surface area contributed by atoms with E-state index in [1.807, 2.05) is 16.7 Å². The summed E-state index contributed by atoms with van der Waals surface area (Å²) in [5.41, 5.74) is 2.89. The molecule has 146 valence electrons. The summed E-state index contributed by atoms with van der Waals surface area (Å²) >= 11 is 0. The van der Waals surface area contributed by atoms with Gasteiger partial charge in [0.15, 0.2) is 0 Å². The van der Waals surface area contributed by atoms with Gasteiger partial charge in [0.1, 0.15) is 5.69 Å². The van der Waals surface area contributed by atoms with E-state index in [9.17, 15) is 14.4 Å².